The molecule has 4 nitrogen and oxygen atoms in total. The van der Waals surface area contributed by atoms with Crippen molar-refractivity contribution in [2.24, 2.45) is 0 Å². The molecule has 0 spiro atoms. The second-order valence-electron chi connectivity index (χ2n) is 3.11. The second-order valence-corrected chi connectivity index (χ2v) is 3.38. The molecule has 94 valence electrons. The van der Waals surface area contributed by atoms with E-state index in [1.54, 1.807) is 6.92 Å². The molecule has 0 fully saturated rings. The number of nitrogens with zero attached hydrogens (tertiary/aromatic N) is 1. The van der Waals surface area contributed by atoms with E-state index in [-0.39, 0.29) is 29.4 Å². The van der Waals surface area contributed by atoms with Gasteiger partial charge in [-0.15, -0.1) is 11.6 Å². The summed E-state index contributed by atoms with van der Waals surface area (Å²) in [5.74, 6) is -0.979. The van der Waals surface area contributed by atoms with Crippen LogP contribution in [-0.2, 0) is 10.6 Å². The Morgan fingerprint density at radius 2 is 2.29 bits per heavy atom. The molecule has 0 aliphatic carbocycles. The number of carbonyl (C=O) groups is 1. The van der Waals surface area contributed by atoms with Crippen LogP contribution < -0.4 is 5.73 Å². The molecule has 17 heavy (non-hydrogen) atoms. The van der Waals surface area contributed by atoms with Crippen molar-refractivity contribution in [3.63, 3.8) is 0 Å². The van der Waals surface area contributed by atoms with Gasteiger partial charge in [-0.25, -0.2) is 18.6 Å². The normalized spacial score (nSPS) is 10.6. The van der Waals surface area contributed by atoms with Gasteiger partial charge in [0.05, 0.1) is 12.3 Å². The van der Waals surface area contributed by atoms with Crippen molar-refractivity contribution in [3.8, 4) is 0 Å². The fraction of sp³-hybridized carbons (Fsp3) is 0.400. The van der Waals surface area contributed by atoms with Crippen LogP contribution in [0.15, 0.2) is 6.20 Å². The van der Waals surface area contributed by atoms with Gasteiger partial charge >= 0.3 is 5.97 Å². The predicted octanol–water partition coefficient (Wildman–Crippen LogP) is 2.52. The average molecular weight is 265 g/mol. The van der Waals surface area contributed by atoms with Gasteiger partial charge in [-0.1, -0.05) is 0 Å². The Bertz CT molecular complexity index is 427. The summed E-state index contributed by atoms with van der Waals surface area (Å²) in [6, 6.07) is 0. The number of aromatic nitrogens is 1. The lowest BCUT2D eigenvalue weighted by molar-refractivity contribution is 0.0520. The number of carbonyl (C=O) groups excluding carboxylic acids is 1. The van der Waals surface area contributed by atoms with Gasteiger partial charge in [0.25, 0.3) is 6.43 Å². The Morgan fingerprint density at radius 3 is 2.76 bits per heavy atom. The standard InChI is InChI=1S/C10H11ClF2N2O2/c1-2-17-10(16)8-7(14)6(9(12)13)5(3-11)4-15-8/h4,9H,2-3,14H2,1H3. The van der Waals surface area contributed by atoms with E-state index in [1.807, 2.05) is 0 Å². The van der Waals surface area contributed by atoms with Crippen LogP contribution in [-0.4, -0.2) is 17.6 Å². The number of halogens is 3. The van der Waals surface area contributed by atoms with Gasteiger partial charge in [0.15, 0.2) is 5.69 Å². The number of anilines is 1. The number of rotatable bonds is 4. The van der Waals surface area contributed by atoms with E-state index in [4.69, 9.17) is 17.3 Å². The maximum atomic E-state index is 12.8. The van der Waals surface area contributed by atoms with Crippen molar-refractivity contribution in [1.82, 2.24) is 4.98 Å². The lowest BCUT2D eigenvalue weighted by atomic mass is 10.1. The summed E-state index contributed by atoms with van der Waals surface area (Å²) in [6.07, 6.45) is -1.71. The molecule has 1 rings (SSSR count). The van der Waals surface area contributed by atoms with Gasteiger partial charge in [-0.05, 0) is 12.5 Å². The highest BCUT2D eigenvalue weighted by Crippen LogP contribution is 2.31. The highest BCUT2D eigenvalue weighted by molar-refractivity contribution is 6.17. The van der Waals surface area contributed by atoms with Crippen LogP contribution in [0.5, 0.6) is 0 Å². The van der Waals surface area contributed by atoms with E-state index < -0.39 is 18.0 Å². The zero-order valence-electron chi connectivity index (χ0n) is 9.04. The Hall–Kier alpha value is -1.43. The molecule has 0 aliphatic rings. The first-order valence-electron chi connectivity index (χ1n) is 4.81. The molecule has 0 unspecified atom stereocenters. The van der Waals surface area contributed by atoms with Crippen molar-refractivity contribution < 1.29 is 18.3 Å². The van der Waals surface area contributed by atoms with Crippen molar-refractivity contribution in [1.29, 1.82) is 0 Å². The molecule has 7 heteroatoms. The molecule has 0 saturated heterocycles. The van der Waals surface area contributed by atoms with Crippen molar-refractivity contribution in [2.45, 2.75) is 19.2 Å². The van der Waals surface area contributed by atoms with Crippen LogP contribution in [0, 0.1) is 0 Å². The fourth-order valence-electron chi connectivity index (χ4n) is 1.31. The summed E-state index contributed by atoms with van der Waals surface area (Å²) in [7, 11) is 0. The van der Waals surface area contributed by atoms with Crippen LogP contribution >= 0.6 is 11.6 Å². The molecule has 0 amide bonds. The molecule has 0 aliphatic heterocycles. The summed E-state index contributed by atoms with van der Waals surface area (Å²) in [5.41, 5.74) is 4.45. The summed E-state index contributed by atoms with van der Waals surface area (Å²) in [4.78, 5) is 15.1. The van der Waals surface area contributed by atoms with Crippen molar-refractivity contribution in [3.05, 3.63) is 23.0 Å². The summed E-state index contributed by atoms with van der Waals surface area (Å²) >= 11 is 5.50. The minimum absolute atomic E-state index is 0.104. The lowest BCUT2D eigenvalue weighted by Crippen LogP contribution is -2.13. The molecule has 0 bridgehead atoms. The topological polar surface area (TPSA) is 65.2 Å². The molecule has 0 saturated carbocycles. The van der Waals surface area contributed by atoms with Gasteiger partial charge in [0.2, 0.25) is 0 Å². The van der Waals surface area contributed by atoms with Crippen LogP contribution in [0.25, 0.3) is 0 Å². The molecule has 0 atom stereocenters. The van der Waals surface area contributed by atoms with Crippen LogP contribution in [0.2, 0.25) is 0 Å². The highest BCUT2D eigenvalue weighted by atomic mass is 35.5. The number of esters is 1. The average Bonchev–Trinajstić information content (AvgIpc) is 2.27. The van der Waals surface area contributed by atoms with E-state index in [1.165, 1.54) is 0 Å². The molecule has 0 aromatic carbocycles. The maximum absolute atomic E-state index is 12.8. The number of nitrogens with two attached hydrogens (primary N) is 1. The van der Waals surface area contributed by atoms with E-state index in [0.717, 1.165) is 6.20 Å². The van der Waals surface area contributed by atoms with Crippen LogP contribution in [0.1, 0.15) is 35.0 Å². The molecular formula is C10H11ClF2N2O2. The third kappa shape index (κ3) is 2.82. The third-order valence-electron chi connectivity index (χ3n) is 2.07. The van der Waals surface area contributed by atoms with Crippen LogP contribution in [0.4, 0.5) is 14.5 Å². The number of ether oxygens (including phenoxy) is 1. The van der Waals surface area contributed by atoms with Gasteiger partial charge in [-0.2, -0.15) is 0 Å². The fourth-order valence-corrected chi connectivity index (χ4v) is 1.52. The molecule has 2 N–H and O–H groups in total. The van der Waals surface area contributed by atoms with Gasteiger partial charge in [-0.3, -0.25) is 0 Å². The Kier molecular flexibility index (Phi) is 4.62. The SMILES string of the molecule is CCOC(=O)c1ncc(CCl)c(C(F)F)c1N. The highest BCUT2D eigenvalue weighted by Gasteiger charge is 2.23. The summed E-state index contributed by atoms with van der Waals surface area (Å²) < 4.78 is 30.2. The van der Waals surface area contributed by atoms with E-state index >= 15 is 0 Å². The second kappa shape index (κ2) is 5.77. The molecular weight excluding hydrogens is 254 g/mol. The maximum Gasteiger partial charge on any atom is 0.359 e. The zero-order valence-corrected chi connectivity index (χ0v) is 9.80. The number of nitrogen functional groups attached to an aromatic ring is 1. The van der Waals surface area contributed by atoms with Crippen molar-refractivity contribution >= 4 is 23.3 Å². The summed E-state index contributed by atoms with van der Waals surface area (Å²) in [5, 5.41) is 0. The Morgan fingerprint density at radius 1 is 1.65 bits per heavy atom. The lowest BCUT2D eigenvalue weighted by Gasteiger charge is -2.12. The minimum Gasteiger partial charge on any atom is -0.461 e. The largest absolute Gasteiger partial charge is 0.461 e. The monoisotopic (exact) mass is 264 g/mol. The molecule has 0 radical (unpaired) electrons. The zero-order chi connectivity index (χ0) is 13.0. The number of hydrogen-bond donors (Lipinski definition) is 1. The first kappa shape index (κ1) is 13.6. The quantitative estimate of drug-likeness (QED) is 0.670. The van der Waals surface area contributed by atoms with Gasteiger partial charge < -0.3 is 10.5 Å². The van der Waals surface area contributed by atoms with Crippen molar-refractivity contribution in [2.75, 3.05) is 12.3 Å². The number of alkyl halides is 3. The first-order valence-corrected chi connectivity index (χ1v) is 5.34. The smallest absolute Gasteiger partial charge is 0.359 e. The minimum atomic E-state index is -2.82. The summed E-state index contributed by atoms with van der Waals surface area (Å²) in [6.45, 7) is 1.70. The van der Waals surface area contributed by atoms with E-state index in [2.05, 4.69) is 9.72 Å². The van der Waals surface area contributed by atoms with Gasteiger partial charge in [0.1, 0.15) is 0 Å². The molecule has 1 aromatic heterocycles. The van der Waals surface area contributed by atoms with E-state index in [0.29, 0.717) is 0 Å². The third-order valence-corrected chi connectivity index (χ3v) is 2.36. The van der Waals surface area contributed by atoms with Gasteiger partial charge in [0, 0.05) is 17.6 Å². The van der Waals surface area contributed by atoms with E-state index in [9.17, 15) is 13.6 Å². The first-order chi connectivity index (χ1) is 8.02. The Balaban J connectivity index is 3.27. The molecule has 1 aromatic rings. The van der Waals surface area contributed by atoms with Crippen LogP contribution in [0.3, 0.4) is 0 Å². The molecule has 1 heterocycles. The number of hydrogen-bond acceptors (Lipinski definition) is 4. The number of pyridine rings is 1. The predicted molar refractivity (Wildman–Crippen MR) is 59.1 cm³/mol. The Labute approximate surface area is 102 Å².